The van der Waals surface area contributed by atoms with Gasteiger partial charge in [0.2, 0.25) is 0 Å². The number of benzene rings is 1. The summed E-state index contributed by atoms with van der Waals surface area (Å²) in [6.45, 7) is 2.77. The molecule has 0 spiro atoms. The van der Waals surface area contributed by atoms with E-state index in [4.69, 9.17) is 5.11 Å². The first-order valence-electron chi connectivity index (χ1n) is 5.76. The number of likely N-dealkylation sites (tertiary alicyclic amines) is 1. The molecule has 0 aliphatic carbocycles. The normalized spacial score (nSPS) is 17.1. The van der Waals surface area contributed by atoms with Crippen LogP contribution < -0.4 is 0 Å². The Bertz CT molecular complexity index is 466. The van der Waals surface area contributed by atoms with Crippen molar-refractivity contribution in [2.75, 3.05) is 13.1 Å². The van der Waals surface area contributed by atoms with Gasteiger partial charge >= 0.3 is 5.97 Å². The van der Waals surface area contributed by atoms with Crippen LogP contribution in [0.4, 0.5) is 0 Å². The molecule has 1 unspecified atom stereocenters. The van der Waals surface area contributed by atoms with E-state index in [2.05, 4.69) is 22.6 Å². The number of carboxylic acids is 1. The monoisotopic (exact) mass is 359 g/mol. The predicted molar refractivity (Wildman–Crippen MR) is 75.4 cm³/mol. The lowest BCUT2D eigenvalue weighted by Gasteiger charge is -2.41. The van der Waals surface area contributed by atoms with Gasteiger partial charge in [-0.3, -0.25) is 9.59 Å². The van der Waals surface area contributed by atoms with Crippen LogP contribution in [-0.4, -0.2) is 35.0 Å². The zero-order valence-corrected chi connectivity index (χ0v) is 12.1. The van der Waals surface area contributed by atoms with Gasteiger partial charge in [0, 0.05) is 28.1 Å². The minimum absolute atomic E-state index is 0.0137. The van der Waals surface area contributed by atoms with Crippen molar-refractivity contribution in [2.45, 2.75) is 6.92 Å². The number of aliphatic carboxylic acids is 1. The smallest absolute Gasteiger partial charge is 0.306 e. The number of hydrogen-bond acceptors (Lipinski definition) is 2. The second-order valence-corrected chi connectivity index (χ2v) is 5.85. The molecular formula is C13H14INO3. The highest BCUT2D eigenvalue weighted by atomic mass is 127. The molecule has 1 heterocycles. The van der Waals surface area contributed by atoms with Gasteiger partial charge in [0.1, 0.15) is 0 Å². The maximum Gasteiger partial charge on any atom is 0.306 e. The molecule has 18 heavy (non-hydrogen) atoms. The molecule has 1 N–H and O–H groups in total. The van der Waals surface area contributed by atoms with E-state index in [-0.39, 0.29) is 17.7 Å². The summed E-state index contributed by atoms with van der Waals surface area (Å²) in [5.41, 5.74) is 0.664. The Labute approximate surface area is 119 Å². The largest absolute Gasteiger partial charge is 0.481 e. The third-order valence-corrected chi connectivity index (χ3v) is 4.10. The topological polar surface area (TPSA) is 57.6 Å². The number of carboxylic acid groups (broad SMARTS) is 1. The van der Waals surface area contributed by atoms with E-state index < -0.39 is 5.97 Å². The van der Waals surface area contributed by atoms with Crippen molar-refractivity contribution in [1.82, 2.24) is 4.90 Å². The number of amides is 1. The van der Waals surface area contributed by atoms with Crippen LogP contribution in [0.15, 0.2) is 24.3 Å². The number of nitrogens with zero attached hydrogens (tertiary/aromatic N) is 1. The van der Waals surface area contributed by atoms with Crippen LogP contribution in [0.1, 0.15) is 17.3 Å². The highest BCUT2D eigenvalue weighted by Gasteiger charge is 2.37. The van der Waals surface area contributed by atoms with Gasteiger partial charge in [-0.25, -0.2) is 0 Å². The molecule has 1 amide bonds. The molecule has 1 aromatic carbocycles. The van der Waals surface area contributed by atoms with Crippen molar-refractivity contribution in [2.24, 2.45) is 11.8 Å². The van der Waals surface area contributed by atoms with Gasteiger partial charge in [0.05, 0.1) is 5.92 Å². The van der Waals surface area contributed by atoms with E-state index in [0.29, 0.717) is 18.7 Å². The molecule has 1 aliphatic heterocycles. The molecule has 1 aromatic rings. The Morgan fingerprint density at radius 2 is 1.89 bits per heavy atom. The Balaban J connectivity index is 1.94. The van der Waals surface area contributed by atoms with Crippen LogP contribution in [-0.2, 0) is 4.79 Å². The van der Waals surface area contributed by atoms with Crippen LogP contribution in [0, 0.1) is 15.4 Å². The second kappa shape index (κ2) is 5.26. The molecular weight excluding hydrogens is 345 g/mol. The second-order valence-electron chi connectivity index (χ2n) is 4.60. The maximum atomic E-state index is 12.1. The molecule has 96 valence electrons. The number of hydrogen-bond donors (Lipinski definition) is 1. The fourth-order valence-electron chi connectivity index (χ4n) is 1.97. The molecule has 5 heteroatoms. The summed E-state index contributed by atoms with van der Waals surface area (Å²) in [4.78, 5) is 24.6. The minimum Gasteiger partial charge on any atom is -0.481 e. The summed E-state index contributed by atoms with van der Waals surface area (Å²) in [6, 6.07) is 7.39. The van der Waals surface area contributed by atoms with E-state index in [9.17, 15) is 9.59 Å². The summed E-state index contributed by atoms with van der Waals surface area (Å²) in [5, 5.41) is 8.89. The van der Waals surface area contributed by atoms with E-state index >= 15 is 0 Å². The maximum absolute atomic E-state index is 12.1. The first kappa shape index (κ1) is 13.3. The molecule has 0 radical (unpaired) electrons. The fourth-order valence-corrected chi connectivity index (χ4v) is 2.33. The number of carbonyl (C=O) groups excluding carboxylic acids is 1. The molecule has 4 nitrogen and oxygen atoms in total. The number of carbonyl (C=O) groups is 2. The van der Waals surface area contributed by atoms with Gasteiger partial charge in [-0.05, 0) is 46.9 Å². The average Bonchev–Trinajstić information content (AvgIpc) is 2.27. The molecule has 1 fully saturated rings. The fraction of sp³-hybridized carbons (Fsp3) is 0.385. The van der Waals surface area contributed by atoms with Crippen molar-refractivity contribution in [3.05, 3.63) is 33.4 Å². The summed E-state index contributed by atoms with van der Waals surface area (Å²) >= 11 is 2.19. The van der Waals surface area contributed by atoms with E-state index in [1.807, 2.05) is 12.1 Å². The first-order valence-corrected chi connectivity index (χ1v) is 6.84. The summed E-state index contributed by atoms with van der Waals surface area (Å²) in [7, 11) is 0. The van der Waals surface area contributed by atoms with Crippen molar-refractivity contribution in [3.63, 3.8) is 0 Å². The number of rotatable bonds is 3. The summed E-state index contributed by atoms with van der Waals surface area (Å²) < 4.78 is 1.09. The van der Waals surface area contributed by atoms with E-state index in [1.165, 1.54) is 0 Å². The third-order valence-electron chi connectivity index (χ3n) is 3.38. The Morgan fingerprint density at radius 3 is 2.39 bits per heavy atom. The van der Waals surface area contributed by atoms with Crippen LogP contribution in [0.3, 0.4) is 0 Å². The van der Waals surface area contributed by atoms with Crippen LogP contribution in [0.5, 0.6) is 0 Å². The van der Waals surface area contributed by atoms with Gasteiger partial charge in [-0.2, -0.15) is 0 Å². The van der Waals surface area contributed by atoms with Crippen LogP contribution in [0.25, 0.3) is 0 Å². The van der Waals surface area contributed by atoms with Gasteiger partial charge in [0.25, 0.3) is 5.91 Å². The van der Waals surface area contributed by atoms with Crippen molar-refractivity contribution in [3.8, 4) is 0 Å². The Kier molecular flexibility index (Phi) is 3.89. The van der Waals surface area contributed by atoms with Gasteiger partial charge in [-0.15, -0.1) is 0 Å². The lowest BCUT2D eigenvalue weighted by molar-refractivity contribution is -0.144. The first-order chi connectivity index (χ1) is 8.49. The molecule has 1 aliphatic rings. The van der Waals surface area contributed by atoms with Crippen molar-refractivity contribution in [1.29, 1.82) is 0 Å². The zero-order valence-electron chi connectivity index (χ0n) is 9.97. The average molecular weight is 359 g/mol. The van der Waals surface area contributed by atoms with Gasteiger partial charge in [0.15, 0.2) is 0 Å². The third kappa shape index (κ3) is 2.66. The molecule has 1 saturated heterocycles. The standard InChI is InChI=1S/C13H14INO3/c1-8(13(17)18)10-6-15(7-10)12(16)9-2-4-11(14)5-3-9/h2-5,8,10H,6-7H2,1H3,(H,17,18). The van der Waals surface area contributed by atoms with Gasteiger partial charge in [-0.1, -0.05) is 6.92 Å². The molecule has 0 aromatic heterocycles. The van der Waals surface area contributed by atoms with Crippen LogP contribution in [0.2, 0.25) is 0 Å². The van der Waals surface area contributed by atoms with E-state index in [0.717, 1.165) is 3.57 Å². The highest BCUT2D eigenvalue weighted by Crippen LogP contribution is 2.25. The van der Waals surface area contributed by atoms with Crippen molar-refractivity contribution >= 4 is 34.5 Å². The van der Waals surface area contributed by atoms with E-state index in [1.54, 1.807) is 24.0 Å². The quantitative estimate of drug-likeness (QED) is 0.841. The minimum atomic E-state index is -0.790. The molecule has 0 bridgehead atoms. The molecule has 1 atom stereocenters. The Morgan fingerprint density at radius 1 is 1.33 bits per heavy atom. The number of halogens is 1. The predicted octanol–water partition coefficient (Wildman–Crippen LogP) is 2.08. The lowest BCUT2D eigenvalue weighted by atomic mass is 9.86. The lowest BCUT2D eigenvalue weighted by Crippen LogP contribution is -2.53. The molecule has 0 saturated carbocycles. The SMILES string of the molecule is CC(C(=O)O)C1CN(C(=O)c2ccc(I)cc2)C1. The van der Waals surface area contributed by atoms with Crippen molar-refractivity contribution < 1.29 is 14.7 Å². The molecule has 2 rings (SSSR count). The van der Waals surface area contributed by atoms with Crippen LogP contribution >= 0.6 is 22.6 Å². The summed E-state index contributed by atoms with van der Waals surface area (Å²) in [6.07, 6.45) is 0. The Hall–Kier alpha value is -1.11. The highest BCUT2D eigenvalue weighted by molar-refractivity contribution is 14.1. The zero-order chi connectivity index (χ0) is 13.3. The van der Waals surface area contributed by atoms with Gasteiger partial charge < -0.3 is 10.0 Å². The summed E-state index contributed by atoms with van der Waals surface area (Å²) in [5.74, 6) is -1.11.